The average molecular weight is 295 g/mol. The standard InChI is InChI=1S/C12H11BrN2O2/c1-8-9(7-16)12(15(2)14-8)17-11-6-4-3-5-10(11)13/h3-7H,1-2H3. The topological polar surface area (TPSA) is 44.1 Å². The molecule has 0 saturated carbocycles. The molecule has 0 amide bonds. The Morgan fingerprint density at radius 2 is 2.12 bits per heavy atom. The Balaban J connectivity index is 2.43. The molecule has 1 heterocycles. The van der Waals surface area contributed by atoms with Crippen LogP contribution < -0.4 is 4.74 Å². The van der Waals surface area contributed by atoms with Gasteiger partial charge in [0.15, 0.2) is 6.29 Å². The van der Waals surface area contributed by atoms with Crippen LogP contribution >= 0.6 is 15.9 Å². The van der Waals surface area contributed by atoms with Gasteiger partial charge in [-0.25, -0.2) is 4.68 Å². The van der Waals surface area contributed by atoms with Gasteiger partial charge in [0.1, 0.15) is 5.75 Å². The second kappa shape index (κ2) is 4.71. The van der Waals surface area contributed by atoms with E-state index in [1.54, 1.807) is 18.7 Å². The molecule has 0 fully saturated rings. The van der Waals surface area contributed by atoms with Crippen molar-refractivity contribution in [3.8, 4) is 11.6 Å². The van der Waals surface area contributed by atoms with Gasteiger partial charge in [0, 0.05) is 7.05 Å². The van der Waals surface area contributed by atoms with Gasteiger partial charge >= 0.3 is 0 Å². The zero-order chi connectivity index (χ0) is 12.4. The zero-order valence-corrected chi connectivity index (χ0v) is 11.1. The van der Waals surface area contributed by atoms with Gasteiger partial charge in [-0.05, 0) is 35.0 Å². The Morgan fingerprint density at radius 3 is 2.76 bits per heavy atom. The summed E-state index contributed by atoms with van der Waals surface area (Å²) in [6.07, 6.45) is 0.758. The summed E-state index contributed by atoms with van der Waals surface area (Å²) in [4.78, 5) is 11.0. The molecule has 1 aromatic heterocycles. The molecular weight excluding hydrogens is 284 g/mol. The normalized spacial score (nSPS) is 10.3. The molecule has 0 N–H and O–H groups in total. The molecule has 88 valence electrons. The molecule has 5 heteroatoms. The number of hydrogen-bond acceptors (Lipinski definition) is 3. The van der Waals surface area contributed by atoms with E-state index in [1.807, 2.05) is 24.3 Å². The highest BCUT2D eigenvalue weighted by Crippen LogP contribution is 2.31. The molecule has 0 saturated heterocycles. The van der Waals surface area contributed by atoms with E-state index < -0.39 is 0 Å². The Hall–Kier alpha value is -1.62. The fraction of sp³-hybridized carbons (Fsp3) is 0.167. The molecule has 0 atom stereocenters. The van der Waals surface area contributed by atoms with E-state index in [0.29, 0.717) is 22.9 Å². The Labute approximate surface area is 107 Å². The summed E-state index contributed by atoms with van der Waals surface area (Å²) in [6, 6.07) is 7.45. The molecule has 0 aliphatic heterocycles. The smallest absolute Gasteiger partial charge is 0.228 e. The number of hydrogen-bond donors (Lipinski definition) is 0. The van der Waals surface area contributed by atoms with Gasteiger partial charge in [-0.1, -0.05) is 12.1 Å². The summed E-state index contributed by atoms with van der Waals surface area (Å²) in [6.45, 7) is 1.77. The number of carbonyl (C=O) groups is 1. The van der Waals surface area contributed by atoms with Crippen molar-refractivity contribution >= 4 is 22.2 Å². The highest BCUT2D eigenvalue weighted by atomic mass is 79.9. The second-order valence-corrected chi connectivity index (χ2v) is 4.43. The van der Waals surface area contributed by atoms with Crippen molar-refractivity contribution < 1.29 is 9.53 Å². The summed E-state index contributed by atoms with van der Waals surface area (Å²) < 4.78 is 8.09. The van der Waals surface area contributed by atoms with Crippen LogP contribution in [0.15, 0.2) is 28.7 Å². The predicted octanol–water partition coefficient (Wildman–Crippen LogP) is 3.10. The van der Waals surface area contributed by atoms with Gasteiger partial charge in [0.25, 0.3) is 0 Å². The summed E-state index contributed by atoms with van der Waals surface area (Å²) in [5.74, 6) is 1.10. The van der Waals surface area contributed by atoms with Crippen LogP contribution in [-0.4, -0.2) is 16.1 Å². The summed E-state index contributed by atoms with van der Waals surface area (Å²) >= 11 is 3.39. The lowest BCUT2D eigenvalue weighted by Crippen LogP contribution is -1.97. The molecule has 0 aliphatic carbocycles. The van der Waals surface area contributed by atoms with Crippen molar-refractivity contribution in [1.29, 1.82) is 0 Å². The average Bonchev–Trinajstić information content (AvgIpc) is 2.56. The van der Waals surface area contributed by atoms with Crippen molar-refractivity contribution in [2.75, 3.05) is 0 Å². The lowest BCUT2D eigenvalue weighted by Gasteiger charge is -2.07. The summed E-state index contributed by atoms with van der Waals surface area (Å²) in [7, 11) is 1.74. The van der Waals surface area contributed by atoms with Crippen molar-refractivity contribution in [2.45, 2.75) is 6.92 Å². The first-order valence-electron chi connectivity index (χ1n) is 5.04. The highest BCUT2D eigenvalue weighted by molar-refractivity contribution is 9.10. The minimum absolute atomic E-state index is 0.449. The first-order chi connectivity index (χ1) is 8.13. The van der Waals surface area contributed by atoms with Gasteiger partial charge < -0.3 is 4.74 Å². The number of aromatic nitrogens is 2. The number of rotatable bonds is 3. The summed E-state index contributed by atoms with van der Waals surface area (Å²) in [5, 5.41) is 4.15. The molecule has 0 radical (unpaired) electrons. The summed E-state index contributed by atoms with van der Waals surface area (Å²) in [5.41, 5.74) is 1.13. The van der Waals surface area contributed by atoms with Crippen molar-refractivity contribution in [1.82, 2.24) is 9.78 Å². The molecular formula is C12H11BrN2O2. The lowest BCUT2D eigenvalue weighted by atomic mass is 10.3. The lowest BCUT2D eigenvalue weighted by molar-refractivity contribution is 0.112. The Bertz CT molecular complexity index is 564. The van der Waals surface area contributed by atoms with Gasteiger partial charge in [-0.2, -0.15) is 5.10 Å². The number of carbonyl (C=O) groups excluding carboxylic acids is 1. The van der Waals surface area contributed by atoms with Crippen LogP contribution in [0.1, 0.15) is 16.1 Å². The van der Waals surface area contributed by atoms with Gasteiger partial charge in [-0.15, -0.1) is 0 Å². The van der Waals surface area contributed by atoms with Crippen LogP contribution in [0.3, 0.4) is 0 Å². The SMILES string of the molecule is Cc1nn(C)c(Oc2ccccc2Br)c1C=O. The van der Waals surface area contributed by atoms with Crippen LogP contribution in [-0.2, 0) is 7.05 Å². The fourth-order valence-corrected chi connectivity index (χ4v) is 1.91. The Kier molecular flexibility index (Phi) is 3.28. The molecule has 0 spiro atoms. The first-order valence-corrected chi connectivity index (χ1v) is 5.84. The minimum Gasteiger partial charge on any atom is -0.437 e. The van der Waals surface area contributed by atoms with Gasteiger partial charge in [0.2, 0.25) is 5.88 Å². The quantitative estimate of drug-likeness (QED) is 0.817. The van der Waals surface area contributed by atoms with Crippen LogP contribution in [0, 0.1) is 6.92 Å². The largest absolute Gasteiger partial charge is 0.437 e. The molecule has 0 aliphatic rings. The monoisotopic (exact) mass is 294 g/mol. The van der Waals surface area contributed by atoms with E-state index in [4.69, 9.17) is 4.74 Å². The Morgan fingerprint density at radius 1 is 1.41 bits per heavy atom. The fourth-order valence-electron chi connectivity index (χ4n) is 1.54. The van der Waals surface area contributed by atoms with Gasteiger partial charge in [-0.3, -0.25) is 4.79 Å². The number of aldehydes is 1. The first kappa shape index (κ1) is 11.9. The molecule has 0 bridgehead atoms. The molecule has 17 heavy (non-hydrogen) atoms. The molecule has 2 aromatic rings. The molecule has 2 rings (SSSR count). The number of benzene rings is 1. The number of aryl methyl sites for hydroxylation is 2. The van der Waals surface area contributed by atoms with Crippen molar-refractivity contribution in [2.24, 2.45) is 7.05 Å². The molecule has 0 unspecified atom stereocenters. The predicted molar refractivity (Wildman–Crippen MR) is 67.5 cm³/mol. The maximum absolute atomic E-state index is 11.0. The van der Waals surface area contributed by atoms with E-state index in [0.717, 1.165) is 10.8 Å². The van der Waals surface area contributed by atoms with Crippen LogP contribution in [0.4, 0.5) is 0 Å². The van der Waals surface area contributed by atoms with E-state index in [9.17, 15) is 4.79 Å². The third kappa shape index (κ3) is 2.24. The third-order valence-corrected chi connectivity index (χ3v) is 3.03. The van der Waals surface area contributed by atoms with Crippen LogP contribution in [0.5, 0.6) is 11.6 Å². The van der Waals surface area contributed by atoms with E-state index >= 15 is 0 Å². The van der Waals surface area contributed by atoms with Crippen LogP contribution in [0.2, 0.25) is 0 Å². The molecule has 4 nitrogen and oxygen atoms in total. The van der Waals surface area contributed by atoms with Gasteiger partial charge in [0.05, 0.1) is 15.7 Å². The van der Waals surface area contributed by atoms with Crippen molar-refractivity contribution in [3.05, 3.63) is 40.0 Å². The number of halogens is 1. The number of nitrogens with zero attached hydrogens (tertiary/aromatic N) is 2. The minimum atomic E-state index is 0.449. The van der Waals surface area contributed by atoms with E-state index in [1.165, 1.54) is 0 Å². The second-order valence-electron chi connectivity index (χ2n) is 3.58. The van der Waals surface area contributed by atoms with Crippen LogP contribution in [0.25, 0.3) is 0 Å². The highest BCUT2D eigenvalue weighted by Gasteiger charge is 2.15. The number of para-hydroxylation sites is 1. The maximum Gasteiger partial charge on any atom is 0.228 e. The van der Waals surface area contributed by atoms with E-state index in [2.05, 4.69) is 21.0 Å². The number of ether oxygens (including phenoxy) is 1. The molecule has 1 aromatic carbocycles. The third-order valence-electron chi connectivity index (χ3n) is 2.38. The zero-order valence-electron chi connectivity index (χ0n) is 9.48. The van der Waals surface area contributed by atoms with Crippen molar-refractivity contribution in [3.63, 3.8) is 0 Å². The van der Waals surface area contributed by atoms with E-state index in [-0.39, 0.29) is 0 Å². The maximum atomic E-state index is 11.0.